The van der Waals surface area contributed by atoms with E-state index in [-0.39, 0.29) is 6.04 Å². The predicted molar refractivity (Wildman–Crippen MR) is 70.5 cm³/mol. The lowest BCUT2D eigenvalue weighted by Crippen LogP contribution is -2.51. The van der Waals surface area contributed by atoms with Crippen molar-refractivity contribution in [1.82, 2.24) is 10.2 Å². The fourth-order valence-corrected chi connectivity index (χ4v) is 2.06. The molecule has 0 aliphatic carbocycles. The molecule has 1 aromatic carbocycles. The molecular weight excluding hydrogens is 226 g/mol. The van der Waals surface area contributed by atoms with Crippen molar-refractivity contribution in [1.29, 1.82) is 5.26 Å². The van der Waals surface area contributed by atoms with E-state index in [2.05, 4.69) is 23.2 Å². The van der Waals surface area contributed by atoms with Gasteiger partial charge in [-0.2, -0.15) is 5.26 Å². The highest BCUT2D eigenvalue weighted by Gasteiger charge is 2.20. The number of nitriles is 1. The normalized spacial score (nSPS) is 20.3. The fraction of sp³-hybridized carbons (Fsp3) is 0.500. The minimum absolute atomic E-state index is 0.0274. The monoisotopic (exact) mass is 245 g/mol. The maximum atomic E-state index is 9.04. The molecule has 4 nitrogen and oxygen atoms in total. The molecule has 96 valence electrons. The van der Waals surface area contributed by atoms with E-state index < -0.39 is 0 Å². The number of nitrogens with zero attached hydrogens (tertiary/aromatic N) is 2. The van der Waals surface area contributed by atoms with Crippen LogP contribution in [0.2, 0.25) is 0 Å². The number of piperazine rings is 1. The quantitative estimate of drug-likeness (QED) is 0.865. The van der Waals surface area contributed by atoms with Crippen LogP contribution >= 0.6 is 0 Å². The average Bonchev–Trinajstić information content (AvgIpc) is 2.41. The van der Waals surface area contributed by atoms with Crippen LogP contribution in [0.3, 0.4) is 0 Å². The number of nitrogens with one attached hydrogen (secondary N) is 1. The van der Waals surface area contributed by atoms with E-state index in [1.807, 2.05) is 24.3 Å². The Bertz CT molecular complexity index is 410. The van der Waals surface area contributed by atoms with Gasteiger partial charge in [-0.05, 0) is 19.1 Å². The minimum Gasteiger partial charge on any atom is -0.492 e. The van der Waals surface area contributed by atoms with Gasteiger partial charge < -0.3 is 10.1 Å². The first-order valence-corrected chi connectivity index (χ1v) is 6.33. The molecule has 4 heteroatoms. The van der Waals surface area contributed by atoms with Gasteiger partial charge in [0.05, 0.1) is 6.07 Å². The molecule has 0 aromatic heterocycles. The summed E-state index contributed by atoms with van der Waals surface area (Å²) in [5.74, 6) is 0.893. The highest BCUT2D eigenvalue weighted by atomic mass is 16.5. The molecule has 0 spiro atoms. The van der Waals surface area contributed by atoms with Gasteiger partial charge in [-0.1, -0.05) is 17.7 Å². The molecule has 0 amide bonds. The van der Waals surface area contributed by atoms with E-state index in [1.165, 1.54) is 5.56 Å². The van der Waals surface area contributed by atoms with Crippen LogP contribution in [0.5, 0.6) is 5.75 Å². The molecule has 1 aliphatic heterocycles. The van der Waals surface area contributed by atoms with Crippen LogP contribution in [0.15, 0.2) is 24.3 Å². The van der Waals surface area contributed by atoms with Gasteiger partial charge in [-0.3, -0.25) is 4.90 Å². The molecule has 1 aromatic rings. The van der Waals surface area contributed by atoms with Gasteiger partial charge in [0.1, 0.15) is 18.4 Å². The molecule has 1 atom stereocenters. The van der Waals surface area contributed by atoms with Crippen molar-refractivity contribution in [3.8, 4) is 11.8 Å². The van der Waals surface area contributed by atoms with Crippen LogP contribution in [0.25, 0.3) is 0 Å². The molecule has 1 saturated heterocycles. The molecule has 1 aliphatic rings. The van der Waals surface area contributed by atoms with Gasteiger partial charge in [-0.15, -0.1) is 0 Å². The lowest BCUT2D eigenvalue weighted by Gasteiger charge is -2.31. The number of hydrogen-bond donors (Lipinski definition) is 1. The van der Waals surface area contributed by atoms with Gasteiger partial charge in [0.25, 0.3) is 0 Å². The number of benzene rings is 1. The summed E-state index contributed by atoms with van der Waals surface area (Å²) < 4.78 is 5.69. The van der Waals surface area contributed by atoms with Gasteiger partial charge >= 0.3 is 0 Å². The first kappa shape index (κ1) is 12.9. The van der Waals surface area contributed by atoms with Crippen LogP contribution < -0.4 is 10.1 Å². The maximum Gasteiger partial charge on any atom is 0.119 e. The predicted octanol–water partition coefficient (Wildman–Crippen LogP) is 1.17. The topological polar surface area (TPSA) is 48.3 Å². The summed E-state index contributed by atoms with van der Waals surface area (Å²) in [4.78, 5) is 2.17. The molecule has 18 heavy (non-hydrogen) atoms. The third-order valence-electron chi connectivity index (χ3n) is 3.17. The second-order valence-corrected chi connectivity index (χ2v) is 4.55. The highest BCUT2D eigenvalue weighted by Crippen LogP contribution is 2.11. The molecule has 1 N–H and O–H groups in total. The number of hydrogen-bond acceptors (Lipinski definition) is 4. The molecule has 0 radical (unpaired) electrons. The summed E-state index contributed by atoms with van der Waals surface area (Å²) in [6, 6.07) is 10.3. The minimum atomic E-state index is -0.0274. The SMILES string of the molecule is Cc1ccc(OCCN2CCNCC2C#N)cc1. The zero-order valence-corrected chi connectivity index (χ0v) is 10.7. The second kappa shape index (κ2) is 6.39. The zero-order valence-electron chi connectivity index (χ0n) is 10.7. The van der Waals surface area contributed by atoms with Crippen LogP contribution in [-0.4, -0.2) is 43.7 Å². The van der Waals surface area contributed by atoms with Crippen molar-refractivity contribution >= 4 is 0 Å². The number of aryl methyl sites for hydroxylation is 1. The van der Waals surface area contributed by atoms with Gasteiger partial charge in [0, 0.05) is 26.2 Å². The van der Waals surface area contributed by atoms with E-state index in [1.54, 1.807) is 0 Å². The molecule has 1 fully saturated rings. The molecular formula is C14H19N3O. The summed E-state index contributed by atoms with van der Waals surface area (Å²) in [5.41, 5.74) is 1.23. The Hall–Kier alpha value is -1.57. The van der Waals surface area contributed by atoms with Gasteiger partial charge in [0.15, 0.2) is 0 Å². The summed E-state index contributed by atoms with van der Waals surface area (Å²) >= 11 is 0. The summed E-state index contributed by atoms with van der Waals surface area (Å²) in [6.07, 6.45) is 0. The number of ether oxygens (including phenoxy) is 1. The Morgan fingerprint density at radius 3 is 2.94 bits per heavy atom. The summed E-state index contributed by atoms with van der Waals surface area (Å²) in [5, 5.41) is 12.3. The van der Waals surface area contributed by atoms with Crippen LogP contribution in [-0.2, 0) is 0 Å². The summed E-state index contributed by atoms with van der Waals surface area (Å²) in [6.45, 7) is 6.09. The highest BCUT2D eigenvalue weighted by molar-refractivity contribution is 5.26. The first-order chi connectivity index (χ1) is 8.79. The Labute approximate surface area is 108 Å². The van der Waals surface area contributed by atoms with E-state index >= 15 is 0 Å². The van der Waals surface area contributed by atoms with Crippen molar-refractivity contribution < 1.29 is 4.74 Å². The molecule has 0 bridgehead atoms. The van der Waals surface area contributed by atoms with E-state index in [0.29, 0.717) is 6.61 Å². The number of rotatable bonds is 4. The molecule has 2 rings (SSSR count). The Balaban J connectivity index is 1.77. The van der Waals surface area contributed by atoms with E-state index in [0.717, 1.165) is 31.9 Å². The van der Waals surface area contributed by atoms with Crippen LogP contribution in [0.1, 0.15) is 5.56 Å². The van der Waals surface area contributed by atoms with E-state index in [9.17, 15) is 0 Å². The third kappa shape index (κ3) is 3.46. The van der Waals surface area contributed by atoms with Crippen molar-refractivity contribution in [2.24, 2.45) is 0 Å². The second-order valence-electron chi connectivity index (χ2n) is 4.55. The van der Waals surface area contributed by atoms with Crippen molar-refractivity contribution in [2.45, 2.75) is 13.0 Å². The smallest absolute Gasteiger partial charge is 0.119 e. The lowest BCUT2D eigenvalue weighted by atomic mass is 10.2. The third-order valence-corrected chi connectivity index (χ3v) is 3.17. The zero-order chi connectivity index (χ0) is 12.8. The Kier molecular flexibility index (Phi) is 4.57. The molecule has 0 saturated carbocycles. The van der Waals surface area contributed by atoms with Crippen LogP contribution in [0.4, 0.5) is 0 Å². The van der Waals surface area contributed by atoms with Crippen molar-refractivity contribution in [3.05, 3.63) is 29.8 Å². The Morgan fingerprint density at radius 1 is 1.44 bits per heavy atom. The largest absolute Gasteiger partial charge is 0.492 e. The Morgan fingerprint density at radius 2 is 2.22 bits per heavy atom. The lowest BCUT2D eigenvalue weighted by molar-refractivity contribution is 0.161. The molecule has 1 unspecified atom stereocenters. The van der Waals surface area contributed by atoms with E-state index in [4.69, 9.17) is 10.00 Å². The van der Waals surface area contributed by atoms with Gasteiger partial charge in [-0.25, -0.2) is 0 Å². The van der Waals surface area contributed by atoms with Gasteiger partial charge in [0.2, 0.25) is 0 Å². The molecule has 1 heterocycles. The average molecular weight is 245 g/mol. The summed E-state index contributed by atoms with van der Waals surface area (Å²) in [7, 11) is 0. The first-order valence-electron chi connectivity index (χ1n) is 6.33. The maximum absolute atomic E-state index is 9.04. The van der Waals surface area contributed by atoms with Crippen molar-refractivity contribution in [2.75, 3.05) is 32.8 Å². The standard InChI is InChI=1S/C14H19N3O/c1-12-2-4-14(5-3-12)18-9-8-17-7-6-16-11-13(17)10-15/h2-5,13,16H,6-9,11H2,1H3. The van der Waals surface area contributed by atoms with Crippen molar-refractivity contribution in [3.63, 3.8) is 0 Å². The van der Waals surface area contributed by atoms with Crippen LogP contribution in [0, 0.1) is 18.3 Å². The fourth-order valence-electron chi connectivity index (χ4n) is 2.06.